The standard InChI is InChI=1S/C27H42N4O3/c1-20(32)31-18-24(14-26(31)27(33)29-16-23-10-5-9-22(13-23)15-28)30(19-25-11-6-12-34-25)17-21-7-3-2-4-8-21/h2-4,7-8,22-26H,5-6,9-19,28H2,1H3,(H,29,33). The number of ether oxygens (including phenoxy) is 1. The summed E-state index contributed by atoms with van der Waals surface area (Å²) in [5, 5.41) is 3.19. The summed E-state index contributed by atoms with van der Waals surface area (Å²) in [6.45, 7) is 6.05. The van der Waals surface area contributed by atoms with Gasteiger partial charge in [0.05, 0.1) is 6.10 Å². The van der Waals surface area contributed by atoms with Gasteiger partial charge in [0.15, 0.2) is 0 Å². The molecule has 4 rings (SSSR count). The second-order valence-corrected chi connectivity index (χ2v) is 10.5. The van der Waals surface area contributed by atoms with Gasteiger partial charge < -0.3 is 20.7 Å². The molecule has 34 heavy (non-hydrogen) atoms. The molecule has 2 aliphatic heterocycles. The minimum Gasteiger partial charge on any atom is -0.377 e. The number of likely N-dealkylation sites (tertiary alicyclic amines) is 1. The number of carbonyl (C=O) groups excluding carboxylic acids is 2. The molecule has 3 aliphatic rings. The van der Waals surface area contributed by atoms with E-state index in [1.165, 1.54) is 18.4 Å². The third-order valence-corrected chi connectivity index (χ3v) is 7.98. The highest BCUT2D eigenvalue weighted by molar-refractivity contribution is 5.87. The summed E-state index contributed by atoms with van der Waals surface area (Å²) in [6, 6.07) is 10.2. The monoisotopic (exact) mass is 470 g/mol. The summed E-state index contributed by atoms with van der Waals surface area (Å²) in [7, 11) is 0. The molecule has 7 heteroatoms. The van der Waals surface area contributed by atoms with E-state index in [-0.39, 0.29) is 24.0 Å². The average molecular weight is 471 g/mol. The van der Waals surface area contributed by atoms with Gasteiger partial charge in [0.25, 0.3) is 0 Å². The zero-order valence-electron chi connectivity index (χ0n) is 20.7. The molecule has 2 amide bonds. The van der Waals surface area contributed by atoms with Crippen LogP contribution in [0.2, 0.25) is 0 Å². The van der Waals surface area contributed by atoms with E-state index >= 15 is 0 Å². The fourth-order valence-electron chi connectivity index (χ4n) is 6.05. The average Bonchev–Trinajstić information content (AvgIpc) is 3.53. The number of benzene rings is 1. The molecule has 2 saturated heterocycles. The van der Waals surface area contributed by atoms with Crippen molar-refractivity contribution in [3.05, 3.63) is 35.9 Å². The van der Waals surface area contributed by atoms with Gasteiger partial charge in [-0.15, -0.1) is 0 Å². The van der Waals surface area contributed by atoms with Crippen LogP contribution in [-0.4, -0.2) is 72.6 Å². The molecule has 3 N–H and O–H groups in total. The molecule has 5 unspecified atom stereocenters. The Morgan fingerprint density at radius 1 is 1.12 bits per heavy atom. The van der Waals surface area contributed by atoms with Crippen LogP contribution >= 0.6 is 0 Å². The number of nitrogens with two attached hydrogens (primary N) is 1. The summed E-state index contributed by atoms with van der Waals surface area (Å²) in [4.78, 5) is 30.0. The van der Waals surface area contributed by atoms with Gasteiger partial charge in [-0.2, -0.15) is 0 Å². The number of nitrogens with one attached hydrogen (secondary N) is 1. The molecule has 1 aromatic rings. The first-order valence-corrected chi connectivity index (χ1v) is 13.2. The second-order valence-electron chi connectivity index (χ2n) is 10.5. The van der Waals surface area contributed by atoms with Crippen molar-refractivity contribution >= 4 is 11.8 Å². The number of amides is 2. The minimum atomic E-state index is -0.404. The van der Waals surface area contributed by atoms with Crippen molar-refractivity contribution in [1.82, 2.24) is 15.1 Å². The number of rotatable bonds is 9. The van der Waals surface area contributed by atoms with Crippen molar-refractivity contribution in [3.63, 3.8) is 0 Å². The van der Waals surface area contributed by atoms with E-state index in [0.29, 0.717) is 31.3 Å². The third-order valence-electron chi connectivity index (χ3n) is 7.98. The first kappa shape index (κ1) is 25.1. The van der Waals surface area contributed by atoms with E-state index in [1.54, 1.807) is 11.8 Å². The lowest BCUT2D eigenvalue weighted by molar-refractivity contribution is -0.137. The Morgan fingerprint density at radius 3 is 2.62 bits per heavy atom. The predicted octanol–water partition coefficient (Wildman–Crippen LogP) is 2.54. The predicted molar refractivity (Wildman–Crippen MR) is 133 cm³/mol. The van der Waals surface area contributed by atoms with E-state index < -0.39 is 6.04 Å². The number of hydrogen-bond donors (Lipinski definition) is 2. The maximum absolute atomic E-state index is 13.3. The molecule has 3 fully saturated rings. The fourth-order valence-corrected chi connectivity index (χ4v) is 6.05. The fraction of sp³-hybridized carbons (Fsp3) is 0.704. The molecule has 0 aromatic heterocycles. The van der Waals surface area contributed by atoms with Gasteiger partial charge >= 0.3 is 0 Å². The molecule has 0 bridgehead atoms. The second kappa shape index (κ2) is 12.1. The van der Waals surface area contributed by atoms with E-state index in [2.05, 4.69) is 34.5 Å². The molecule has 0 spiro atoms. The van der Waals surface area contributed by atoms with Crippen molar-refractivity contribution in [2.75, 3.05) is 32.8 Å². The van der Waals surface area contributed by atoms with Crippen LogP contribution in [0.25, 0.3) is 0 Å². The van der Waals surface area contributed by atoms with Crippen LogP contribution in [0.3, 0.4) is 0 Å². The largest absolute Gasteiger partial charge is 0.377 e. The molecule has 188 valence electrons. The number of carbonyl (C=O) groups is 2. The lowest BCUT2D eigenvalue weighted by Crippen LogP contribution is -2.46. The van der Waals surface area contributed by atoms with Crippen LogP contribution in [-0.2, 0) is 20.9 Å². The van der Waals surface area contributed by atoms with Crippen molar-refractivity contribution < 1.29 is 14.3 Å². The van der Waals surface area contributed by atoms with Crippen LogP contribution in [0.15, 0.2) is 30.3 Å². The molecular weight excluding hydrogens is 428 g/mol. The van der Waals surface area contributed by atoms with Crippen molar-refractivity contribution in [3.8, 4) is 0 Å². The zero-order valence-corrected chi connectivity index (χ0v) is 20.7. The van der Waals surface area contributed by atoms with E-state index in [9.17, 15) is 9.59 Å². The highest BCUT2D eigenvalue weighted by Crippen LogP contribution is 2.29. The minimum absolute atomic E-state index is 0.00986. The molecule has 1 saturated carbocycles. The van der Waals surface area contributed by atoms with Gasteiger partial charge in [-0.05, 0) is 62.5 Å². The van der Waals surface area contributed by atoms with Crippen molar-refractivity contribution in [1.29, 1.82) is 0 Å². The zero-order chi connectivity index (χ0) is 23.9. The summed E-state index contributed by atoms with van der Waals surface area (Å²) >= 11 is 0. The summed E-state index contributed by atoms with van der Waals surface area (Å²) in [5.74, 6) is 1.03. The maximum atomic E-state index is 13.3. The lowest BCUT2D eigenvalue weighted by Gasteiger charge is -2.31. The highest BCUT2D eigenvalue weighted by Gasteiger charge is 2.41. The number of nitrogens with zero attached hydrogens (tertiary/aromatic N) is 2. The Kier molecular flexibility index (Phi) is 8.98. The molecule has 1 aliphatic carbocycles. The maximum Gasteiger partial charge on any atom is 0.242 e. The molecule has 1 aromatic carbocycles. The van der Waals surface area contributed by atoms with Gasteiger partial charge in [0.1, 0.15) is 6.04 Å². The van der Waals surface area contributed by atoms with Gasteiger partial charge in [0, 0.05) is 45.8 Å². The summed E-state index contributed by atoms with van der Waals surface area (Å²) < 4.78 is 5.94. The van der Waals surface area contributed by atoms with Crippen LogP contribution in [0.4, 0.5) is 0 Å². The van der Waals surface area contributed by atoms with Gasteiger partial charge in [-0.1, -0.05) is 36.8 Å². The van der Waals surface area contributed by atoms with Crippen LogP contribution in [0, 0.1) is 11.8 Å². The van der Waals surface area contributed by atoms with Gasteiger partial charge in [-0.25, -0.2) is 0 Å². The summed E-state index contributed by atoms with van der Waals surface area (Å²) in [5.41, 5.74) is 7.13. The number of hydrogen-bond acceptors (Lipinski definition) is 5. The van der Waals surface area contributed by atoms with Crippen molar-refractivity contribution in [2.45, 2.75) is 76.6 Å². The van der Waals surface area contributed by atoms with Crippen LogP contribution < -0.4 is 11.1 Å². The normalized spacial score (nSPS) is 29.5. The third kappa shape index (κ3) is 6.58. The highest BCUT2D eigenvalue weighted by atomic mass is 16.5. The lowest BCUT2D eigenvalue weighted by atomic mass is 9.81. The molecule has 0 radical (unpaired) electrons. The van der Waals surface area contributed by atoms with Crippen LogP contribution in [0.1, 0.15) is 57.4 Å². The molecular formula is C27H42N4O3. The quantitative estimate of drug-likeness (QED) is 0.579. The Labute approximate surface area is 204 Å². The van der Waals surface area contributed by atoms with Gasteiger partial charge in [-0.3, -0.25) is 14.5 Å². The van der Waals surface area contributed by atoms with Crippen molar-refractivity contribution in [2.24, 2.45) is 17.6 Å². The summed E-state index contributed by atoms with van der Waals surface area (Å²) in [6.07, 6.45) is 7.69. The molecule has 7 nitrogen and oxygen atoms in total. The Bertz CT molecular complexity index is 798. The topological polar surface area (TPSA) is 87.9 Å². The van der Waals surface area contributed by atoms with E-state index in [1.807, 2.05) is 6.07 Å². The van der Waals surface area contributed by atoms with Crippen LogP contribution in [0.5, 0.6) is 0 Å². The Hall–Kier alpha value is -1.96. The first-order valence-electron chi connectivity index (χ1n) is 13.2. The smallest absolute Gasteiger partial charge is 0.242 e. The van der Waals surface area contributed by atoms with E-state index in [4.69, 9.17) is 10.5 Å². The van der Waals surface area contributed by atoms with Gasteiger partial charge in [0.2, 0.25) is 11.8 Å². The van der Waals surface area contributed by atoms with E-state index in [0.717, 1.165) is 51.9 Å². The molecule has 2 heterocycles. The SMILES string of the molecule is CC(=O)N1CC(N(Cc2ccccc2)CC2CCCO2)CC1C(=O)NCC1CCCC(CN)C1. The Balaban J connectivity index is 1.40. The Morgan fingerprint density at radius 2 is 1.91 bits per heavy atom. The molecule has 5 atom stereocenters. The first-order chi connectivity index (χ1) is 16.5.